The molecule has 0 amide bonds. The Kier molecular flexibility index (Phi) is 3.98. The van der Waals surface area contributed by atoms with Crippen LogP contribution >= 0.6 is 21.9 Å². The third-order valence-electron chi connectivity index (χ3n) is 2.92. The first kappa shape index (κ1) is 16.8. The predicted octanol–water partition coefficient (Wildman–Crippen LogP) is -0.623. The molecule has 12 heteroatoms. The van der Waals surface area contributed by atoms with Crippen LogP contribution in [0.1, 0.15) is 18.5 Å². The van der Waals surface area contributed by atoms with E-state index in [1.54, 1.807) is 6.92 Å². The molecule has 120 valence electrons. The highest BCUT2D eigenvalue weighted by Crippen LogP contribution is 2.62. The van der Waals surface area contributed by atoms with Crippen LogP contribution < -0.4 is 10.5 Å². The first-order valence-corrected chi connectivity index (χ1v) is 9.52. The van der Waals surface area contributed by atoms with E-state index in [-0.39, 0.29) is 16.3 Å². The van der Waals surface area contributed by atoms with Crippen LogP contribution in [0.3, 0.4) is 0 Å². The number of carbonyl (C=O) groups is 1. The van der Waals surface area contributed by atoms with E-state index in [0.29, 0.717) is 11.3 Å². The number of carbonyl (C=O) groups excluding carboxylic acids is 1. The number of aliphatic hydroxyl groups is 2. The molecule has 0 aliphatic carbocycles. The highest BCUT2D eigenvalue weighted by Gasteiger charge is 2.56. The predicted molar refractivity (Wildman–Crippen MR) is 75.4 cm³/mol. The minimum absolute atomic E-state index is 0.0875. The van der Waals surface area contributed by atoms with Crippen LogP contribution in [-0.2, 0) is 14.8 Å². The van der Waals surface area contributed by atoms with Gasteiger partial charge in [0, 0.05) is 5.56 Å². The maximum atomic E-state index is 11.9. The van der Waals surface area contributed by atoms with Crippen LogP contribution in [0, 0.1) is 0 Å². The molecule has 1 atom stereocenters. The number of nitrogens with two attached hydrogens (primary N) is 1. The summed E-state index contributed by atoms with van der Waals surface area (Å²) in [5.41, 5.74) is -0.0875. The molecule has 9 nitrogen and oxygen atoms in total. The van der Waals surface area contributed by atoms with Gasteiger partial charge in [-0.05, 0) is 12.6 Å². The molecule has 1 aromatic heterocycles. The Labute approximate surface area is 125 Å². The van der Waals surface area contributed by atoms with Gasteiger partial charge in [0.25, 0.3) is 5.79 Å². The molecule has 7 N–H and O–H groups in total. The zero-order valence-corrected chi connectivity index (χ0v) is 13.1. The number of rotatable bonds is 3. The minimum atomic E-state index is -4.20. The van der Waals surface area contributed by atoms with Gasteiger partial charge in [0.05, 0.1) is 6.04 Å². The van der Waals surface area contributed by atoms with Crippen molar-refractivity contribution in [3.05, 3.63) is 11.6 Å². The lowest BCUT2D eigenvalue weighted by Gasteiger charge is -2.43. The molecule has 2 heterocycles. The van der Waals surface area contributed by atoms with Crippen molar-refractivity contribution >= 4 is 37.1 Å². The summed E-state index contributed by atoms with van der Waals surface area (Å²) in [6, 6.07) is -0.388. The summed E-state index contributed by atoms with van der Waals surface area (Å²) in [7, 11) is -8.33. The van der Waals surface area contributed by atoms with Crippen molar-refractivity contribution in [2.75, 3.05) is 6.54 Å². The van der Waals surface area contributed by atoms with Gasteiger partial charge in [0.1, 0.15) is 8.42 Å². The SMILES string of the molecule is CCNC1c2cc(S(N)(=O)=O)sc2S(O)(O)C(=O)C1(O)O. The van der Waals surface area contributed by atoms with E-state index in [0.717, 1.165) is 6.07 Å². The minimum Gasteiger partial charge on any atom is -0.357 e. The molecule has 1 unspecified atom stereocenters. The van der Waals surface area contributed by atoms with Gasteiger partial charge in [-0.25, -0.2) is 13.6 Å². The molecule has 0 bridgehead atoms. The van der Waals surface area contributed by atoms with Crippen molar-refractivity contribution in [2.24, 2.45) is 5.14 Å². The van der Waals surface area contributed by atoms with E-state index in [4.69, 9.17) is 5.14 Å². The molecule has 0 fully saturated rings. The molecule has 2 rings (SSSR count). The van der Waals surface area contributed by atoms with Gasteiger partial charge in [-0.15, -0.1) is 11.3 Å². The van der Waals surface area contributed by atoms with Crippen LogP contribution in [0.2, 0.25) is 0 Å². The summed E-state index contributed by atoms with van der Waals surface area (Å²) < 4.78 is 41.8. The molecule has 1 aliphatic heterocycles. The van der Waals surface area contributed by atoms with Gasteiger partial charge in [-0.1, -0.05) is 17.5 Å². The van der Waals surface area contributed by atoms with E-state index < -0.39 is 41.8 Å². The van der Waals surface area contributed by atoms with Gasteiger partial charge >= 0.3 is 5.12 Å². The lowest BCUT2D eigenvalue weighted by atomic mass is 10.0. The summed E-state index contributed by atoms with van der Waals surface area (Å²) in [6.45, 7) is 1.85. The summed E-state index contributed by atoms with van der Waals surface area (Å²) in [4.78, 5) is 11.9. The molecular weight excluding hydrogens is 344 g/mol. The largest absolute Gasteiger partial charge is 0.357 e. The van der Waals surface area contributed by atoms with Crippen LogP contribution in [0.25, 0.3) is 0 Å². The Morgan fingerprint density at radius 2 is 2.05 bits per heavy atom. The van der Waals surface area contributed by atoms with Crippen LogP contribution in [0.4, 0.5) is 0 Å². The van der Waals surface area contributed by atoms with Gasteiger partial charge < -0.3 is 15.5 Å². The van der Waals surface area contributed by atoms with E-state index in [1.165, 1.54) is 0 Å². The zero-order chi connectivity index (χ0) is 16.2. The van der Waals surface area contributed by atoms with E-state index in [9.17, 15) is 32.5 Å². The highest BCUT2D eigenvalue weighted by molar-refractivity contribution is 8.37. The standard InChI is InChI=1S/C9H14N2O7S3/c1-2-11-6-4-3-5(21(10,17)18)19-7(4)20(15,16)8(12)9(6,13)14/h3,6,11,13-16H,2H2,1H3,(H2,10,17,18). The topological polar surface area (TPSA) is 170 Å². The van der Waals surface area contributed by atoms with E-state index in [1.807, 2.05) is 0 Å². The quantitative estimate of drug-likeness (QED) is 0.388. The Bertz CT molecular complexity index is 694. The van der Waals surface area contributed by atoms with Crippen LogP contribution in [-0.4, -0.2) is 45.2 Å². The number of nitrogens with one attached hydrogen (secondary N) is 1. The summed E-state index contributed by atoms with van der Waals surface area (Å²) in [5.74, 6) is -3.07. The van der Waals surface area contributed by atoms with Crippen molar-refractivity contribution in [2.45, 2.75) is 27.2 Å². The Morgan fingerprint density at radius 3 is 2.52 bits per heavy atom. The van der Waals surface area contributed by atoms with Crippen molar-refractivity contribution in [3.63, 3.8) is 0 Å². The third kappa shape index (κ3) is 2.52. The maximum absolute atomic E-state index is 11.9. The number of hydrogen-bond donors (Lipinski definition) is 6. The summed E-state index contributed by atoms with van der Waals surface area (Å²) in [5, 5.41) is 25.8. The Morgan fingerprint density at radius 1 is 1.48 bits per heavy atom. The van der Waals surface area contributed by atoms with Crippen molar-refractivity contribution in [1.82, 2.24) is 5.32 Å². The molecule has 0 radical (unpaired) electrons. The average Bonchev–Trinajstić information content (AvgIpc) is 2.78. The van der Waals surface area contributed by atoms with Gasteiger partial charge in [-0.3, -0.25) is 13.9 Å². The molecule has 21 heavy (non-hydrogen) atoms. The number of fused-ring (bicyclic) bond motifs is 1. The number of thiophene rings is 1. The summed E-state index contributed by atoms with van der Waals surface area (Å²) >= 11 is 0.424. The highest BCUT2D eigenvalue weighted by atomic mass is 32.3. The Balaban J connectivity index is 2.75. The summed E-state index contributed by atoms with van der Waals surface area (Å²) in [6.07, 6.45) is 0. The van der Waals surface area contributed by atoms with Crippen molar-refractivity contribution < 1.29 is 32.5 Å². The molecule has 0 spiro atoms. The second kappa shape index (κ2) is 4.97. The Hall–Kier alpha value is -0.570. The average molecular weight is 358 g/mol. The number of sulfonamides is 1. The number of hydrogen-bond acceptors (Lipinski definition) is 9. The number of likely N-dealkylation sites (N-methyl/N-ethyl adjacent to an activating group) is 1. The zero-order valence-electron chi connectivity index (χ0n) is 10.7. The third-order valence-corrected chi connectivity index (χ3v) is 7.81. The second-order valence-corrected chi connectivity index (χ2v) is 9.38. The molecule has 0 saturated heterocycles. The first-order valence-electron chi connectivity index (χ1n) is 5.61. The second-order valence-electron chi connectivity index (χ2n) is 4.41. The molecule has 0 saturated carbocycles. The normalized spacial score (nSPS) is 25.4. The monoisotopic (exact) mass is 358 g/mol. The van der Waals surface area contributed by atoms with Crippen molar-refractivity contribution in [3.8, 4) is 0 Å². The molecule has 1 aromatic rings. The van der Waals surface area contributed by atoms with Gasteiger partial charge in [0.2, 0.25) is 10.0 Å². The maximum Gasteiger partial charge on any atom is 0.306 e. The lowest BCUT2D eigenvalue weighted by molar-refractivity contribution is -0.188. The molecule has 0 aromatic carbocycles. The van der Waals surface area contributed by atoms with E-state index in [2.05, 4.69) is 5.32 Å². The lowest BCUT2D eigenvalue weighted by Crippen LogP contribution is -2.54. The fourth-order valence-corrected chi connectivity index (χ4v) is 6.01. The number of primary sulfonamides is 1. The fraction of sp³-hybridized carbons (Fsp3) is 0.444. The smallest absolute Gasteiger partial charge is 0.306 e. The molecular formula is C9H14N2O7S3. The van der Waals surface area contributed by atoms with Crippen molar-refractivity contribution in [1.29, 1.82) is 0 Å². The van der Waals surface area contributed by atoms with Crippen LogP contribution in [0.5, 0.6) is 0 Å². The van der Waals surface area contributed by atoms with E-state index >= 15 is 0 Å². The first-order chi connectivity index (χ1) is 9.44. The van der Waals surface area contributed by atoms with Crippen LogP contribution in [0.15, 0.2) is 14.5 Å². The fourth-order valence-electron chi connectivity index (χ4n) is 2.01. The molecule has 1 aliphatic rings. The van der Waals surface area contributed by atoms with Gasteiger partial charge in [0.15, 0.2) is 0 Å². The van der Waals surface area contributed by atoms with Gasteiger partial charge in [-0.2, -0.15) is 0 Å².